The summed E-state index contributed by atoms with van der Waals surface area (Å²) in [7, 11) is 1.35. The van der Waals surface area contributed by atoms with Crippen molar-refractivity contribution in [3.05, 3.63) is 17.7 Å². The minimum absolute atomic E-state index is 0.0243. The lowest BCUT2D eigenvalue weighted by atomic mass is 10.2. The summed E-state index contributed by atoms with van der Waals surface area (Å²) in [4.78, 5) is 0. The zero-order chi connectivity index (χ0) is 10.6. The molecule has 0 radical (unpaired) electrons. The minimum Gasteiger partial charge on any atom is -0.504 e. The quantitative estimate of drug-likeness (QED) is 0.648. The van der Waals surface area contributed by atoms with E-state index >= 15 is 0 Å². The fourth-order valence-corrected chi connectivity index (χ4v) is 0.988. The first-order valence-corrected chi connectivity index (χ1v) is 3.75. The highest BCUT2D eigenvalue weighted by Crippen LogP contribution is 2.36. The Morgan fingerprint density at radius 1 is 1.29 bits per heavy atom. The van der Waals surface area contributed by atoms with Crippen molar-refractivity contribution < 1.29 is 14.9 Å². The maximum atomic E-state index is 9.37. The summed E-state index contributed by atoms with van der Waals surface area (Å²) in [5.41, 5.74) is 0.429. The third kappa shape index (κ3) is 1.91. The van der Waals surface area contributed by atoms with Crippen molar-refractivity contribution in [2.45, 2.75) is 0 Å². The zero-order valence-corrected chi connectivity index (χ0v) is 7.53. The highest BCUT2D eigenvalue weighted by atomic mass is 16.5. The molecular weight excluding hydrogens is 180 g/mol. The summed E-state index contributed by atoms with van der Waals surface area (Å²) in [5, 5.41) is 18.7. The first kappa shape index (κ1) is 9.83. The topological polar surface area (TPSA) is 49.7 Å². The SMILES string of the molecule is C#CC#Cc1cc(O)c(OC)c(O)c1. The van der Waals surface area contributed by atoms with Crippen LogP contribution in [0.15, 0.2) is 12.1 Å². The van der Waals surface area contributed by atoms with Gasteiger partial charge in [-0.25, -0.2) is 0 Å². The third-order valence-electron chi connectivity index (χ3n) is 1.53. The lowest BCUT2D eigenvalue weighted by molar-refractivity contribution is 0.344. The molecule has 0 atom stereocenters. The molecule has 14 heavy (non-hydrogen) atoms. The first-order chi connectivity index (χ1) is 6.69. The monoisotopic (exact) mass is 188 g/mol. The largest absolute Gasteiger partial charge is 0.504 e. The van der Waals surface area contributed by atoms with Crippen molar-refractivity contribution in [1.29, 1.82) is 0 Å². The number of rotatable bonds is 1. The molecule has 2 N–H and O–H groups in total. The maximum Gasteiger partial charge on any atom is 0.202 e. The number of hydrogen-bond acceptors (Lipinski definition) is 3. The fraction of sp³-hybridized carbons (Fsp3) is 0.0909. The van der Waals surface area contributed by atoms with Gasteiger partial charge in [-0.05, 0) is 24.0 Å². The van der Waals surface area contributed by atoms with Crippen LogP contribution in [0.2, 0.25) is 0 Å². The van der Waals surface area contributed by atoms with Crippen LogP contribution in [0.3, 0.4) is 0 Å². The van der Waals surface area contributed by atoms with Crippen LogP contribution in [0.1, 0.15) is 5.56 Å². The number of aromatic hydroxyl groups is 2. The van der Waals surface area contributed by atoms with Crippen molar-refractivity contribution in [3.8, 4) is 41.4 Å². The van der Waals surface area contributed by atoms with E-state index < -0.39 is 0 Å². The van der Waals surface area contributed by atoms with Crippen LogP contribution >= 0.6 is 0 Å². The van der Waals surface area contributed by atoms with Gasteiger partial charge in [0, 0.05) is 5.56 Å². The zero-order valence-electron chi connectivity index (χ0n) is 7.53. The highest BCUT2D eigenvalue weighted by Gasteiger charge is 2.08. The van der Waals surface area contributed by atoms with Gasteiger partial charge in [-0.15, -0.1) is 6.42 Å². The molecular formula is C11H8O3. The summed E-state index contributed by atoms with van der Waals surface area (Å²) in [6, 6.07) is 2.73. The van der Waals surface area contributed by atoms with Crippen molar-refractivity contribution in [2.75, 3.05) is 7.11 Å². The first-order valence-electron chi connectivity index (χ1n) is 3.75. The third-order valence-corrected chi connectivity index (χ3v) is 1.53. The van der Waals surface area contributed by atoms with Crippen LogP contribution in [-0.2, 0) is 0 Å². The van der Waals surface area contributed by atoms with Gasteiger partial charge in [0.1, 0.15) is 0 Å². The molecule has 1 aromatic rings. The molecule has 0 heterocycles. The summed E-state index contributed by atoms with van der Waals surface area (Å²) >= 11 is 0. The highest BCUT2D eigenvalue weighted by molar-refractivity contribution is 5.56. The van der Waals surface area contributed by atoms with E-state index in [0.29, 0.717) is 5.56 Å². The average Bonchev–Trinajstić information content (AvgIpc) is 2.14. The second kappa shape index (κ2) is 4.11. The number of phenolic OH excluding ortho intramolecular Hbond substituents is 2. The van der Waals surface area contributed by atoms with Gasteiger partial charge >= 0.3 is 0 Å². The maximum absolute atomic E-state index is 9.37. The van der Waals surface area contributed by atoms with Crippen LogP contribution in [0, 0.1) is 24.2 Å². The Morgan fingerprint density at radius 3 is 2.29 bits per heavy atom. The van der Waals surface area contributed by atoms with Gasteiger partial charge in [0.2, 0.25) is 5.75 Å². The van der Waals surface area contributed by atoms with Crippen molar-refractivity contribution in [3.63, 3.8) is 0 Å². The second-order valence-corrected chi connectivity index (χ2v) is 2.44. The van der Waals surface area contributed by atoms with Crippen molar-refractivity contribution in [1.82, 2.24) is 0 Å². The minimum atomic E-state index is -0.172. The summed E-state index contributed by atoms with van der Waals surface area (Å²) in [6.45, 7) is 0. The predicted molar refractivity (Wildman–Crippen MR) is 52.0 cm³/mol. The van der Waals surface area contributed by atoms with Crippen molar-refractivity contribution >= 4 is 0 Å². The molecule has 1 rings (SSSR count). The van der Waals surface area contributed by atoms with Gasteiger partial charge in [-0.3, -0.25) is 0 Å². The van der Waals surface area contributed by atoms with E-state index in [1.54, 1.807) is 0 Å². The number of benzene rings is 1. The van der Waals surface area contributed by atoms with Crippen LogP contribution in [0.5, 0.6) is 17.2 Å². The van der Waals surface area contributed by atoms with Gasteiger partial charge in [-0.2, -0.15) is 0 Å². The number of terminal acetylenes is 1. The molecule has 0 aliphatic rings. The Balaban J connectivity index is 3.22. The van der Waals surface area contributed by atoms with E-state index in [-0.39, 0.29) is 17.2 Å². The average molecular weight is 188 g/mol. The number of hydrogen-bond donors (Lipinski definition) is 2. The molecule has 3 heteroatoms. The molecule has 0 bridgehead atoms. The standard InChI is InChI=1S/C11H8O3/c1-3-4-5-8-6-9(12)11(14-2)10(13)7-8/h1,6-7,12-13H,2H3. The Bertz CT molecular complexity index is 421. The Morgan fingerprint density at radius 2 is 1.86 bits per heavy atom. The van der Waals surface area contributed by atoms with E-state index in [0.717, 1.165) is 0 Å². The van der Waals surface area contributed by atoms with Gasteiger partial charge in [0.15, 0.2) is 11.5 Å². The van der Waals surface area contributed by atoms with Gasteiger partial charge < -0.3 is 14.9 Å². The molecule has 0 amide bonds. The molecule has 70 valence electrons. The molecule has 0 fully saturated rings. The number of methoxy groups -OCH3 is 1. The molecule has 0 saturated heterocycles. The number of phenols is 2. The predicted octanol–water partition coefficient (Wildman–Crippen LogP) is 1.09. The van der Waals surface area contributed by atoms with Gasteiger partial charge in [0.25, 0.3) is 0 Å². The second-order valence-electron chi connectivity index (χ2n) is 2.44. The molecule has 0 saturated carbocycles. The summed E-state index contributed by atoms with van der Waals surface area (Å²) < 4.78 is 4.75. The molecule has 1 aromatic carbocycles. The lowest BCUT2D eigenvalue weighted by Crippen LogP contribution is -1.85. The molecule has 0 aliphatic carbocycles. The van der Waals surface area contributed by atoms with Crippen LogP contribution in [0.4, 0.5) is 0 Å². The summed E-state index contributed by atoms with van der Waals surface area (Å²) in [5.74, 6) is 6.74. The van der Waals surface area contributed by atoms with Crippen LogP contribution in [-0.4, -0.2) is 17.3 Å². The van der Waals surface area contributed by atoms with E-state index in [2.05, 4.69) is 17.8 Å². The smallest absolute Gasteiger partial charge is 0.202 e. The molecule has 3 nitrogen and oxygen atoms in total. The van der Waals surface area contributed by atoms with E-state index in [1.807, 2.05) is 0 Å². The van der Waals surface area contributed by atoms with Crippen molar-refractivity contribution in [2.24, 2.45) is 0 Å². The van der Waals surface area contributed by atoms with Crippen LogP contribution in [0.25, 0.3) is 0 Å². The van der Waals surface area contributed by atoms with Crippen LogP contribution < -0.4 is 4.74 Å². The fourth-order valence-electron chi connectivity index (χ4n) is 0.988. The lowest BCUT2D eigenvalue weighted by Gasteiger charge is -2.05. The molecule has 0 unspecified atom stereocenters. The van der Waals surface area contributed by atoms with E-state index in [4.69, 9.17) is 11.2 Å². The molecule has 0 spiro atoms. The van der Waals surface area contributed by atoms with Gasteiger partial charge in [0.05, 0.1) is 7.11 Å². The molecule has 0 aliphatic heterocycles. The number of ether oxygens (including phenoxy) is 1. The molecule has 0 aromatic heterocycles. The Hall–Kier alpha value is -2.26. The Labute approximate surface area is 82.0 Å². The van der Waals surface area contributed by atoms with E-state index in [9.17, 15) is 10.2 Å². The van der Waals surface area contributed by atoms with Gasteiger partial charge in [-0.1, -0.05) is 5.92 Å². The normalized spacial score (nSPS) is 8.29. The Kier molecular flexibility index (Phi) is 2.89. The summed E-state index contributed by atoms with van der Waals surface area (Å²) in [6.07, 6.45) is 4.94. The van der Waals surface area contributed by atoms with E-state index in [1.165, 1.54) is 19.2 Å².